The standard InChI is InChI=1S/C22H11N2OS.Ir/c25-26-19-12-18-14-5-2-1-4-13(14)7-8-15(18)16-9-11-23-21(20(16)19)17-6-3-10-24-22(17)26;/h1-5,7-12H;/q-1;. The molecule has 1 unspecified atom stereocenters. The predicted molar refractivity (Wildman–Crippen MR) is 103 cm³/mol. The van der Waals surface area contributed by atoms with Gasteiger partial charge in [-0.25, -0.2) is 0 Å². The van der Waals surface area contributed by atoms with Gasteiger partial charge in [0.05, 0.1) is 10.8 Å². The van der Waals surface area contributed by atoms with Gasteiger partial charge in [0.15, 0.2) is 0 Å². The van der Waals surface area contributed by atoms with Crippen LogP contribution in [0.15, 0.2) is 76.9 Å². The Hall–Kier alpha value is -2.46. The molecule has 3 aromatic carbocycles. The van der Waals surface area contributed by atoms with Gasteiger partial charge < -0.3 is 9.97 Å². The number of aromatic nitrogens is 2. The van der Waals surface area contributed by atoms with E-state index in [0.717, 1.165) is 43.1 Å². The predicted octanol–water partition coefficient (Wildman–Crippen LogP) is 4.88. The summed E-state index contributed by atoms with van der Waals surface area (Å²) in [4.78, 5) is 9.72. The first kappa shape index (κ1) is 16.7. The maximum atomic E-state index is 13.3. The van der Waals surface area contributed by atoms with Gasteiger partial charge >= 0.3 is 0 Å². The van der Waals surface area contributed by atoms with Gasteiger partial charge in [0.2, 0.25) is 0 Å². The zero-order valence-electron chi connectivity index (χ0n) is 13.9. The summed E-state index contributed by atoms with van der Waals surface area (Å²) in [7, 11) is -1.34. The number of fused-ring (bicyclic) bond motifs is 6. The van der Waals surface area contributed by atoms with E-state index >= 15 is 0 Å². The Morgan fingerprint density at radius 3 is 2.67 bits per heavy atom. The largest absolute Gasteiger partial charge is 0.343 e. The second-order valence-electron chi connectivity index (χ2n) is 6.38. The second-order valence-corrected chi connectivity index (χ2v) is 7.74. The molecule has 1 atom stereocenters. The molecule has 1 aliphatic rings. The fourth-order valence-electron chi connectivity index (χ4n) is 3.93. The van der Waals surface area contributed by atoms with Gasteiger partial charge in [-0.2, -0.15) is 0 Å². The normalized spacial score (nSPS) is 14.9. The van der Waals surface area contributed by atoms with Crippen LogP contribution in [0.1, 0.15) is 0 Å². The van der Waals surface area contributed by atoms with Crippen LogP contribution in [-0.2, 0) is 30.9 Å². The molecule has 0 fully saturated rings. The van der Waals surface area contributed by atoms with Crippen LogP contribution in [0.5, 0.6) is 0 Å². The van der Waals surface area contributed by atoms with Crippen LogP contribution in [-0.4, -0.2) is 14.2 Å². The van der Waals surface area contributed by atoms with Crippen molar-refractivity contribution in [1.82, 2.24) is 9.97 Å². The minimum atomic E-state index is -1.34. The molecule has 2 aromatic heterocycles. The van der Waals surface area contributed by atoms with E-state index in [1.54, 1.807) is 12.3 Å². The molecule has 131 valence electrons. The molecular formula is C22H11IrN2OS-. The Balaban J connectivity index is 0.00000160. The van der Waals surface area contributed by atoms with Gasteiger partial charge in [-0.15, -0.1) is 12.1 Å². The molecule has 0 saturated heterocycles. The number of rotatable bonds is 0. The molecule has 3 heterocycles. The Labute approximate surface area is 171 Å². The quantitative estimate of drug-likeness (QED) is 0.203. The summed E-state index contributed by atoms with van der Waals surface area (Å²) in [6.07, 6.45) is 3.45. The molecule has 6 rings (SSSR count). The van der Waals surface area contributed by atoms with E-state index in [1.165, 1.54) is 5.39 Å². The third-order valence-electron chi connectivity index (χ3n) is 5.05. The van der Waals surface area contributed by atoms with E-state index in [0.29, 0.717) is 5.03 Å². The summed E-state index contributed by atoms with van der Waals surface area (Å²) in [5.41, 5.74) is 1.55. The second kappa shape index (κ2) is 6.03. The summed E-state index contributed by atoms with van der Waals surface area (Å²) in [6, 6.07) is 21.6. The summed E-state index contributed by atoms with van der Waals surface area (Å²) < 4.78 is 13.3. The Bertz CT molecular complexity index is 1410. The van der Waals surface area contributed by atoms with Crippen LogP contribution < -0.4 is 0 Å². The molecule has 0 saturated carbocycles. The first-order valence-corrected chi connectivity index (χ1v) is 9.50. The summed E-state index contributed by atoms with van der Waals surface area (Å²) in [6.45, 7) is 0. The molecule has 0 amide bonds. The van der Waals surface area contributed by atoms with Crippen LogP contribution in [0.25, 0.3) is 43.6 Å². The zero-order chi connectivity index (χ0) is 17.3. The van der Waals surface area contributed by atoms with Crippen molar-refractivity contribution >= 4 is 43.1 Å². The van der Waals surface area contributed by atoms with Crippen LogP contribution in [0.3, 0.4) is 0 Å². The van der Waals surface area contributed by atoms with E-state index in [4.69, 9.17) is 0 Å². The smallest absolute Gasteiger partial charge is 0.0601 e. The Morgan fingerprint density at radius 2 is 1.74 bits per heavy atom. The van der Waals surface area contributed by atoms with E-state index < -0.39 is 10.8 Å². The zero-order valence-corrected chi connectivity index (χ0v) is 17.1. The van der Waals surface area contributed by atoms with Crippen molar-refractivity contribution in [2.45, 2.75) is 9.92 Å². The van der Waals surface area contributed by atoms with Crippen molar-refractivity contribution in [3.8, 4) is 11.3 Å². The minimum Gasteiger partial charge on any atom is -0.343 e. The number of pyridine rings is 2. The maximum absolute atomic E-state index is 13.3. The minimum absolute atomic E-state index is 0. The van der Waals surface area contributed by atoms with Crippen molar-refractivity contribution in [2.24, 2.45) is 0 Å². The fourth-order valence-corrected chi connectivity index (χ4v) is 5.25. The van der Waals surface area contributed by atoms with Gasteiger partial charge in [-0.3, -0.25) is 4.21 Å². The molecule has 1 radical (unpaired) electrons. The summed E-state index contributed by atoms with van der Waals surface area (Å²) in [5.74, 6) is 0. The van der Waals surface area contributed by atoms with Crippen molar-refractivity contribution in [3.63, 3.8) is 0 Å². The van der Waals surface area contributed by atoms with E-state index in [-0.39, 0.29) is 20.1 Å². The van der Waals surface area contributed by atoms with Crippen molar-refractivity contribution in [3.05, 3.63) is 73.1 Å². The fraction of sp³-hybridized carbons (Fsp3) is 0. The third-order valence-corrected chi connectivity index (χ3v) is 6.44. The van der Waals surface area contributed by atoms with E-state index in [9.17, 15) is 4.21 Å². The van der Waals surface area contributed by atoms with Crippen LogP contribution in [0, 0.1) is 6.07 Å². The van der Waals surface area contributed by atoms with Crippen molar-refractivity contribution in [1.29, 1.82) is 0 Å². The number of benzene rings is 3. The molecule has 0 spiro atoms. The Kier molecular flexibility index (Phi) is 3.73. The number of nitrogens with zero attached hydrogens (tertiary/aromatic N) is 2. The van der Waals surface area contributed by atoms with Gasteiger partial charge in [0.25, 0.3) is 0 Å². The SMILES string of the molecule is O=S1c2ncc[c-]c2-c2nccc3c2c1cc1c2ccccc2ccc31.[Ir]. The molecule has 1 aliphatic heterocycles. The van der Waals surface area contributed by atoms with Crippen molar-refractivity contribution in [2.75, 3.05) is 0 Å². The van der Waals surface area contributed by atoms with Crippen LogP contribution in [0.4, 0.5) is 0 Å². The maximum Gasteiger partial charge on any atom is 0.0601 e. The molecule has 3 nitrogen and oxygen atoms in total. The van der Waals surface area contributed by atoms with E-state index in [2.05, 4.69) is 46.4 Å². The molecule has 0 aliphatic carbocycles. The number of hydrogen-bond acceptors (Lipinski definition) is 3. The number of hydrogen-bond donors (Lipinski definition) is 0. The van der Waals surface area contributed by atoms with Gasteiger partial charge in [0, 0.05) is 36.2 Å². The molecule has 0 N–H and O–H groups in total. The average Bonchev–Trinajstić information content (AvgIpc) is 2.71. The van der Waals surface area contributed by atoms with Crippen molar-refractivity contribution < 1.29 is 24.3 Å². The first-order chi connectivity index (χ1) is 12.8. The first-order valence-electron chi connectivity index (χ1n) is 8.35. The molecule has 5 heteroatoms. The monoisotopic (exact) mass is 544 g/mol. The van der Waals surface area contributed by atoms with Gasteiger partial charge in [0.1, 0.15) is 0 Å². The molecule has 0 bridgehead atoms. The summed E-state index contributed by atoms with van der Waals surface area (Å²) in [5, 5.41) is 7.16. The van der Waals surface area contributed by atoms with E-state index in [1.807, 2.05) is 24.4 Å². The van der Waals surface area contributed by atoms with Gasteiger partial charge in [-0.05, 0) is 50.1 Å². The molecular weight excluding hydrogens is 533 g/mol. The Morgan fingerprint density at radius 1 is 0.852 bits per heavy atom. The van der Waals surface area contributed by atoms with Crippen LogP contribution >= 0.6 is 0 Å². The molecule has 5 aromatic rings. The van der Waals surface area contributed by atoms with Gasteiger partial charge in [-0.1, -0.05) is 48.2 Å². The molecule has 27 heavy (non-hydrogen) atoms. The van der Waals surface area contributed by atoms with Crippen LogP contribution in [0.2, 0.25) is 0 Å². The summed E-state index contributed by atoms with van der Waals surface area (Å²) >= 11 is 0. The average molecular weight is 544 g/mol. The topological polar surface area (TPSA) is 42.9 Å². The third kappa shape index (κ3) is 2.19.